The number of nitrogens with zero attached hydrogens (tertiary/aromatic N) is 2. The molecule has 0 saturated carbocycles. The molecule has 0 radical (unpaired) electrons. The summed E-state index contributed by atoms with van der Waals surface area (Å²) in [6.45, 7) is 12.0. The van der Waals surface area contributed by atoms with E-state index in [1.54, 1.807) is 0 Å². The highest BCUT2D eigenvalue weighted by Crippen LogP contribution is 2.26. The van der Waals surface area contributed by atoms with Gasteiger partial charge in [-0.05, 0) is 37.9 Å². The van der Waals surface area contributed by atoms with Crippen molar-refractivity contribution in [2.45, 2.75) is 65.3 Å². The first-order valence-corrected chi connectivity index (χ1v) is 8.81. The van der Waals surface area contributed by atoms with Crippen molar-refractivity contribution >= 4 is 17.6 Å². The second-order valence-electron chi connectivity index (χ2n) is 5.63. The van der Waals surface area contributed by atoms with E-state index < -0.39 is 0 Å². The first-order chi connectivity index (χ1) is 9.58. The highest BCUT2D eigenvalue weighted by Gasteiger charge is 2.11. The molecule has 0 aromatic carbocycles. The number of thioether (sulfide) groups is 1. The van der Waals surface area contributed by atoms with E-state index in [4.69, 9.17) is 4.98 Å². The van der Waals surface area contributed by atoms with Gasteiger partial charge in [-0.15, -0.1) is 11.8 Å². The Morgan fingerprint density at radius 2 is 1.90 bits per heavy atom. The van der Waals surface area contributed by atoms with Crippen LogP contribution in [0.4, 0.5) is 5.82 Å². The summed E-state index contributed by atoms with van der Waals surface area (Å²) in [6, 6.07) is 0. The first kappa shape index (κ1) is 17.3. The molecule has 1 aromatic rings. The Morgan fingerprint density at radius 1 is 1.15 bits per heavy atom. The van der Waals surface area contributed by atoms with E-state index in [-0.39, 0.29) is 0 Å². The van der Waals surface area contributed by atoms with Crippen molar-refractivity contribution in [2.24, 2.45) is 5.92 Å². The lowest BCUT2D eigenvalue weighted by atomic mass is 10.2. The summed E-state index contributed by atoms with van der Waals surface area (Å²) >= 11 is 1.87. The standard InChI is InChI=1S/C16H29N3S/c1-6-8-14-18-15(17-10-7-2)13(5)16(19-14)20-11-9-12(3)4/h12H,6-11H2,1-5H3,(H,17,18,19). The fraction of sp³-hybridized carbons (Fsp3) is 0.750. The zero-order chi connectivity index (χ0) is 15.0. The van der Waals surface area contributed by atoms with Gasteiger partial charge in [0.2, 0.25) is 0 Å². The molecule has 4 heteroatoms. The van der Waals surface area contributed by atoms with Gasteiger partial charge >= 0.3 is 0 Å². The number of aromatic nitrogens is 2. The molecule has 0 fully saturated rings. The van der Waals surface area contributed by atoms with E-state index in [0.717, 1.165) is 54.1 Å². The molecule has 3 nitrogen and oxygen atoms in total. The van der Waals surface area contributed by atoms with Crippen LogP contribution in [0, 0.1) is 12.8 Å². The first-order valence-electron chi connectivity index (χ1n) is 7.82. The third kappa shape index (κ3) is 5.70. The average molecular weight is 295 g/mol. The molecule has 1 N–H and O–H groups in total. The molecule has 0 bridgehead atoms. The van der Waals surface area contributed by atoms with Gasteiger partial charge in [0.05, 0.1) is 0 Å². The molecule has 0 unspecified atom stereocenters. The second kappa shape index (κ2) is 9.22. The van der Waals surface area contributed by atoms with E-state index in [1.807, 2.05) is 11.8 Å². The molecule has 1 rings (SSSR count). The van der Waals surface area contributed by atoms with Crippen LogP contribution in [0.3, 0.4) is 0 Å². The molecular weight excluding hydrogens is 266 g/mol. The minimum atomic E-state index is 0.748. The number of anilines is 1. The fourth-order valence-corrected chi connectivity index (χ4v) is 3.09. The molecule has 0 aliphatic carbocycles. The summed E-state index contributed by atoms with van der Waals surface area (Å²) < 4.78 is 0. The Bertz CT molecular complexity index is 405. The van der Waals surface area contributed by atoms with Crippen molar-refractivity contribution in [3.8, 4) is 0 Å². The molecule has 0 atom stereocenters. The highest BCUT2D eigenvalue weighted by atomic mass is 32.2. The smallest absolute Gasteiger partial charge is 0.133 e. The van der Waals surface area contributed by atoms with Crippen LogP contribution in [0.1, 0.15) is 58.3 Å². The predicted octanol–water partition coefficient (Wildman–Crippen LogP) is 4.70. The SMILES string of the molecule is CCCNc1nc(CCC)nc(SCCC(C)C)c1C. The van der Waals surface area contributed by atoms with E-state index in [0.29, 0.717) is 0 Å². The number of aryl methyl sites for hydroxylation is 1. The van der Waals surface area contributed by atoms with Gasteiger partial charge in [-0.25, -0.2) is 9.97 Å². The van der Waals surface area contributed by atoms with Crippen molar-refractivity contribution in [2.75, 3.05) is 17.6 Å². The molecule has 114 valence electrons. The molecule has 20 heavy (non-hydrogen) atoms. The second-order valence-corrected chi connectivity index (χ2v) is 6.71. The van der Waals surface area contributed by atoms with Crippen molar-refractivity contribution in [3.63, 3.8) is 0 Å². The van der Waals surface area contributed by atoms with Gasteiger partial charge < -0.3 is 5.32 Å². The fourth-order valence-electron chi connectivity index (χ4n) is 1.82. The van der Waals surface area contributed by atoms with Crippen LogP contribution in [-0.2, 0) is 6.42 Å². The van der Waals surface area contributed by atoms with E-state index >= 15 is 0 Å². The maximum absolute atomic E-state index is 4.74. The van der Waals surface area contributed by atoms with Crippen molar-refractivity contribution in [1.29, 1.82) is 0 Å². The molecule has 1 aromatic heterocycles. The van der Waals surface area contributed by atoms with Crippen molar-refractivity contribution < 1.29 is 0 Å². The van der Waals surface area contributed by atoms with Gasteiger partial charge in [0.25, 0.3) is 0 Å². The summed E-state index contributed by atoms with van der Waals surface area (Å²) in [5.41, 5.74) is 1.20. The van der Waals surface area contributed by atoms with E-state index in [2.05, 4.69) is 44.9 Å². The van der Waals surface area contributed by atoms with Crippen LogP contribution in [-0.4, -0.2) is 22.3 Å². The zero-order valence-electron chi connectivity index (χ0n) is 13.6. The van der Waals surface area contributed by atoms with Gasteiger partial charge in [-0.3, -0.25) is 0 Å². The topological polar surface area (TPSA) is 37.8 Å². The highest BCUT2D eigenvalue weighted by molar-refractivity contribution is 7.99. The van der Waals surface area contributed by atoms with Gasteiger partial charge in [0.15, 0.2) is 0 Å². The lowest BCUT2D eigenvalue weighted by molar-refractivity contribution is 0.631. The minimum Gasteiger partial charge on any atom is -0.370 e. The number of hydrogen-bond donors (Lipinski definition) is 1. The Labute approximate surface area is 128 Å². The maximum atomic E-state index is 4.74. The summed E-state index contributed by atoms with van der Waals surface area (Å²) in [5.74, 6) is 3.88. The lowest BCUT2D eigenvalue weighted by Crippen LogP contribution is -2.09. The average Bonchev–Trinajstić information content (AvgIpc) is 2.40. The van der Waals surface area contributed by atoms with Crippen LogP contribution in [0.15, 0.2) is 5.03 Å². The van der Waals surface area contributed by atoms with Crippen molar-refractivity contribution in [1.82, 2.24) is 9.97 Å². The third-order valence-electron chi connectivity index (χ3n) is 3.10. The van der Waals surface area contributed by atoms with Gasteiger partial charge in [-0.1, -0.05) is 27.7 Å². The van der Waals surface area contributed by atoms with Crippen LogP contribution in [0.2, 0.25) is 0 Å². The van der Waals surface area contributed by atoms with Crippen LogP contribution in [0.25, 0.3) is 0 Å². The van der Waals surface area contributed by atoms with Crippen LogP contribution >= 0.6 is 11.8 Å². The minimum absolute atomic E-state index is 0.748. The lowest BCUT2D eigenvalue weighted by Gasteiger charge is -2.13. The predicted molar refractivity (Wildman–Crippen MR) is 89.7 cm³/mol. The quantitative estimate of drug-likeness (QED) is 0.529. The molecule has 1 heterocycles. The van der Waals surface area contributed by atoms with Crippen molar-refractivity contribution in [3.05, 3.63) is 11.4 Å². The number of hydrogen-bond acceptors (Lipinski definition) is 4. The van der Waals surface area contributed by atoms with Crippen LogP contribution < -0.4 is 5.32 Å². The largest absolute Gasteiger partial charge is 0.370 e. The Morgan fingerprint density at radius 3 is 2.50 bits per heavy atom. The normalized spacial score (nSPS) is 11.1. The Kier molecular flexibility index (Phi) is 7.97. The molecule has 0 amide bonds. The van der Waals surface area contributed by atoms with Gasteiger partial charge in [0, 0.05) is 18.5 Å². The summed E-state index contributed by atoms with van der Waals surface area (Å²) in [4.78, 5) is 9.41. The summed E-state index contributed by atoms with van der Waals surface area (Å²) in [6.07, 6.45) is 4.39. The Balaban J connectivity index is 2.86. The maximum Gasteiger partial charge on any atom is 0.133 e. The number of rotatable bonds is 9. The molecule has 0 spiro atoms. The Hall–Kier alpha value is -0.770. The van der Waals surface area contributed by atoms with E-state index in [9.17, 15) is 0 Å². The van der Waals surface area contributed by atoms with Gasteiger partial charge in [0.1, 0.15) is 16.7 Å². The summed E-state index contributed by atoms with van der Waals surface area (Å²) in [5, 5.41) is 4.59. The molecule has 0 aliphatic heterocycles. The molecular formula is C16H29N3S. The van der Waals surface area contributed by atoms with Gasteiger partial charge in [-0.2, -0.15) is 0 Å². The zero-order valence-corrected chi connectivity index (χ0v) is 14.4. The van der Waals surface area contributed by atoms with E-state index in [1.165, 1.54) is 12.0 Å². The molecule has 0 aliphatic rings. The molecule has 0 saturated heterocycles. The summed E-state index contributed by atoms with van der Waals surface area (Å²) in [7, 11) is 0. The van der Waals surface area contributed by atoms with Crippen LogP contribution in [0.5, 0.6) is 0 Å². The third-order valence-corrected chi connectivity index (χ3v) is 4.21. The number of nitrogens with one attached hydrogen (secondary N) is 1. The monoisotopic (exact) mass is 295 g/mol.